The highest BCUT2D eigenvalue weighted by Gasteiger charge is 2.27. The van der Waals surface area contributed by atoms with E-state index < -0.39 is 9.84 Å². The number of para-hydroxylation sites is 1. The predicted molar refractivity (Wildman–Crippen MR) is 118 cm³/mol. The molecule has 0 saturated heterocycles. The Kier molecular flexibility index (Phi) is 5.19. The van der Waals surface area contributed by atoms with Gasteiger partial charge in [0.1, 0.15) is 5.82 Å². The minimum atomic E-state index is -3.87. The number of nitrogens with zero attached hydrogens (tertiary/aromatic N) is 4. The van der Waals surface area contributed by atoms with Crippen LogP contribution >= 0.6 is 0 Å². The number of anilines is 1. The van der Waals surface area contributed by atoms with Gasteiger partial charge in [-0.3, -0.25) is 0 Å². The molecule has 0 aliphatic rings. The summed E-state index contributed by atoms with van der Waals surface area (Å²) < 4.78 is 28.2. The molecule has 7 nitrogen and oxygen atoms in total. The van der Waals surface area contributed by atoms with Gasteiger partial charge in [0.05, 0.1) is 10.4 Å². The number of hydrogen-bond acceptors (Lipinski definition) is 6. The van der Waals surface area contributed by atoms with E-state index in [1.165, 1.54) is 4.52 Å². The summed E-state index contributed by atoms with van der Waals surface area (Å²) in [6.07, 6.45) is 0.909. The lowest BCUT2D eigenvalue weighted by molar-refractivity contribution is 0.592. The summed E-state index contributed by atoms with van der Waals surface area (Å²) in [4.78, 5) is 4.82. The monoisotopic (exact) mass is 423 g/mol. The molecule has 0 saturated carbocycles. The van der Waals surface area contributed by atoms with Gasteiger partial charge >= 0.3 is 0 Å². The van der Waals surface area contributed by atoms with Crippen molar-refractivity contribution in [3.8, 4) is 0 Å². The molecule has 4 aromatic rings. The summed E-state index contributed by atoms with van der Waals surface area (Å²) >= 11 is 0. The van der Waals surface area contributed by atoms with Crippen molar-refractivity contribution in [2.75, 3.05) is 5.32 Å². The van der Waals surface area contributed by atoms with Crippen molar-refractivity contribution >= 4 is 32.2 Å². The lowest BCUT2D eigenvalue weighted by Crippen LogP contribution is -2.15. The topological polar surface area (TPSA) is 89.2 Å². The maximum Gasteiger partial charge on any atom is 0.229 e. The first-order valence-electron chi connectivity index (χ1n) is 10.1. The van der Waals surface area contributed by atoms with Crippen molar-refractivity contribution in [1.82, 2.24) is 19.8 Å². The molecule has 0 fully saturated rings. The summed E-state index contributed by atoms with van der Waals surface area (Å²) in [6.45, 7) is 8.27. The fourth-order valence-electron chi connectivity index (χ4n) is 3.31. The molecule has 2 heterocycles. The van der Waals surface area contributed by atoms with Crippen LogP contribution in [0.2, 0.25) is 0 Å². The van der Waals surface area contributed by atoms with Crippen LogP contribution in [0.4, 0.5) is 5.82 Å². The fraction of sp³-hybridized carbons (Fsp3) is 0.318. The summed E-state index contributed by atoms with van der Waals surface area (Å²) in [5, 5.41) is 12.2. The highest BCUT2D eigenvalue weighted by molar-refractivity contribution is 7.91. The van der Waals surface area contributed by atoms with Crippen LogP contribution in [0.5, 0.6) is 0 Å². The van der Waals surface area contributed by atoms with Crippen LogP contribution in [-0.2, 0) is 9.84 Å². The molecule has 2 aromatic heterocycles. The molecule has 156 valence electrons. The Labute approximate surface area is 176 Å². The number of benzene rings is 2. The maximum atomic E-state index is 13.3. The van der Waals surface area contributed by atoms with E-state index in [-0.39, 0.29) is 21.6 Å². The van der Waals surface area contributed by atoms with Crippen molar-refractivity contribution in [3.63, 3.8) is 0 Å². The minimum Gasteiger partial charge on any atom is -0.367 e. The van der Waals surface area contributed by atoms with Crippen molar-refractivity contribution in [2.24, 2.45) is 0 Å². The van der Waals surface area contributed by atoms with Gasteiger partial charge in [-0.1, -0.05) is 50.3 Å². The molecule has 2 aromatic carbocycles. The molecule has 1 unspecified atom stereocenters. The van der Waals surface area contributed by atoms with Gasteiger partial charge in [-0.05, 0) is 49.1 Å². The predicted octanol–water partition coefficient (Wildman–Crippen LogP) is 4.44. The highest BCUT2D eigenvalue weighted by Crippen LogP contribution is 2.29. The minimum absolute atomic E-state index is 0.141. The fourth-order valence-corrected chi connectivity index (χ4v) is 4.54. The van der Waals surface area contributed by atoms with E-state index >= 15 is 0 Å². The van der Waals surface area contributed by atoms with Crippen LogP contribution in [0.15, 0.2) is 58.5 Å². The van der Waals surface area contributed by atoms with Gasteiger partial charge in [0.2, 0.25) is 14.9 Å². The Bertz CT molecular complexity index is 1310. The average Bonchev–Trinajstić information content (AvgIpc) is 3.18. The quantitative estimate of drug-likeness (QED) is 0.493. The number of fused-ring (bicyclic) bond motifs is 3. The normalized spacial score (nSPS) is 13.2. The van der Waals surface area contributed by atoms with Gasteiger partial charge in [-0.15, -0.1) is 5.10 Å². The zero-order valence-corrected chi connectivity index (χ0v) is 18.3. The van der Waals surface area contributed by atoms with Crippen LogP contribution in [0, 0.1) is 0 Å². The molecule has 30 heavy (non-hydrogen) atoms. The number of rotatable bonds is 6. The van der Waals surface area contributed by atoms with E-state index in [1.54, 1.807) is 12.1 Å². The zero-order chi connectivity index (χ0) is 21.5. The molecule has 0 spiro atoms. The van der Waals surface area contributed by atoms with Crippen LogP contribution in [0.3, 0.4) is 0 Å². The van der Waals surface area contributed by atoms with Gasteiger partial charge in [0.25, 0.3) is 0 Å². The number of nitrogens with one attached hydrogen (secondary N) is 1. The summed E-state index contributed by atoms with van der Waals surface area (Å²) in [5.74, 6) is 0.945. The standard InChI is InChI=1S/C22H25N5O2S/c1-5-15(4)23-20-18-8-6-7-9-19(18)27-21(24-20)22(25-26-27)30(28,29)17-12-10-16(11-13-17)14(2)3/h6-15H,5H2,1-4H3,(H,23,24). The molecule has 8 heteroatoms. The molecule has 0 bridgehead atoms. The highest BCUT2D eigenvalue weighted by atomic mass is 32.2. The Morgan fingerprint density at radius 3 is 2.40 bits per heavy atom. The maximum absolute atomic E-state index is 13.3. The second-order valence-electron chi connectivity index (χ2n) is 7.79. The molecule has 0 amide bonds. The molecule has 4 rings (SSSR count). The summed E-state index contributed by atoms with van der Waals surface area (Å²) in [5.41, 5.74) is 2.04. The SMILES string of the molecule is CCC(C)Nc1nc2c(S(=O)(=O)c3ccc(C(C)C)cc3)nnn2c2ccccc12. The van der Waals surface area contributed by atoms with E-state index in [4.69, 9.17) is 0 Å². The van der Waals surface area contributed by atoms with E-state index in [2.05, 4.69) is 48.3 Å². The lowest BCUT2D eigenvalue weighted by atomic mass is 10.0. The average molecular weight is 424 g/mol. The number of aromatic nitrogens is 4. The van der Waals surface area contributed by atoms with Gasteiger partial charge in [-0.2, -0.15) is 4.52 Å². The third-order valence-electron chi connectivity index (χ3n) is 5.33. The van der Waals surface area contributed by atoms with Crippen LogP contribution < -0.4 is 5.32 Å². The Morgan fingerprint density at radius 1 is 1.03 bits per heavy atom. The van der Waals surface area contributed by atoms with Crippen LogP contribution in [0.1, 0.15) is 45.6 Å². The second kappa shape index (κ2) is 7.68. The third kappa shape index (κ3) is 3.41. The first-order chi connectivity index (χ1) is 14.3. The summed E-state index contributed by atoms with van der Waals surface area (Å²) in [7, 11) is -3.87. The van der Waals surface area contributed by atoms with Gasteiger partial charge in [-0.25, -0.2) is 13.4 Å². The van der Waals surface area contributed by atoms with Crippen molar-refractivity contribution < 1.29 is 8.42 Å². The molecule has 1 N–H and O–H groups in total. The Balaban J connectivity index is 1.91. The van der Waals surface area contributed by atoms with Gasteiger partial charge < -0.3 is 5.32 Å². The number of sulfone groups is 1. The molecule has 1 atom stereocenters. The van der Waals surface area contributed by atoms with E-state index in [0.29, 0.717) is 11.7 Å². The Morgan fingerprint density at radius 2 is 1.73 bits per heavy atom. The second-order valence-corrected chi connectivity index (χ2v) is 9.65. The van der Waals surface area contributed by atoms with Crippen LogP contribution in [0.25, 0.3) is 16.6 Å². The largest absolute Gasteiger partial charge is 0.367 e. The summed E-state index contributed by atoms with van der Waals surface area (Å²) in [6, 6.07) is 14.7. The first-order valence-corrected chi connectivity index (χ1v) is 11.6. The van der Waals surface area contributed by atoms with Crippen molar-refractivity contribution in [1.29, 1.82) is 0 Å². The van der Waals surface area contributed by atoms with E-state index in [0.717, 1.165) is 22.9 Å². The number of hydrogen-bond donors (Lipinski definition) is 1. The molecular formula is C22H25N5O2S. The van der Waals surface area contributed by atoms with Crippen molar-refractivity contribution in [2.45, 2.75) is 56.0 Å². The Hall–Kier alpha value is -3.00. The van der Waals surface area contributed by atoms with E-state index in [9.17, 15) is 8.42 Å². The molecule has 0 aliphatic carbocycles. The molecule has 0 aliphatic heterocycles. The van der Waals surface area contributed by atoms with Gasteiger partial charge in [0.15, 0.2) is 5.65 Å². The first kappa shape index (κ1) is 20.3. The lowest BCUT2D eigenvalue weighted by Gasteiger charge is -2.15. The molecule has 0 radical (unpaired) electrons. The smallest absolute Gasteiger partial charge is 0.229 e. The zero-order valence-electron chi connectivity index (χ0n) is 17.5. The van der Waals surface area contributed by atoms with E-state index in [1.807, 2.05) is 36.4 Å². The van der Waals surface area contributed by atoms with Crippen LogP contribution in [-0.4, -0.2) is 34.3 Å². The van der Waals surface area contributed by atoms with Gasteiger partial charge in [0, 0.05) is 11.4 Å². The third-order valence-corrected chi connectivity index (χ3v) is 7.00. The van der Waals surface area contributed by atoms with Crippen molar-refractivity contribution in [3.05, 3.63) is 54.1 Å². The molecular weight excluding hydrogens is 398 g/mol.